The van der Waals surface area contributed by atoms with E-state index in [2.05, 4.69) is 27.9 Å². The zero-order chi connectivity index (χ0) is 22.7. The van der Waals surface area contributed by atoms with Gasteiger partial charge >= 0.3 is 0 Å². The third-order valence-electron chi connectivity index (χ3n) is 5.79. The molecule has 0 spiro atoms. The topological polar surface area (TPSA) is 108 Å². The van der Waals surface area contributed by atoms with Gasteiger partial charge in [-0.05, 0) is 97.0 Å². The van der Waals surface area contributed by atoms with E-state index in [0.717, 1.165) is 59.5 Å². The van der Waals surface area contributed by atoms with Crippen LogP contribution in [0.1, 0.15) is 41.1 Å². The first kappa shape index (κ1) is 22.5. The fraction of sp³-hybridized carbons (Fsp3) is 0.250. The molecular weight excluding hydrogens is 438 g/mol. The first-order chi connectivity index (χ1) is 15.5. The fourth-order valence-electron chi connectivity index (χ4n) is 4.10. The minimum atomic E-state index is -0.317. The second-order valence-corrected chi connectivity index (χ2v) is 9.42. The Morgan fingerprint density at radius 3 is 2.66 bits per heavy atom. The van der Waals surface area contributed by atoms with Crippen LogP contribution in [-0.2, 0) is 4.79 Å². The Hall–Kier alpha value is -2.65. The third-order valence-corrected chi connectivity index (χ3v) is 7.20. The first-order valence-corrected chi connectivity index (χ1v) is 12.3. The third kappa shape index (κ3) is 4.73. The second-order valence-electron chi connectivity index (χ2n) is 7.97. The summed E-state index contributed by atoms with van der Waals surface area (Å²) in [7, 11) is 0. The van der Waals surface area contributed by atoms with Gasteiger partial charge in [0, 0.05) is 27.4 Å². The lowest BCUT2D eigenvalue weighted by Gasteiger charge is -2.27. The molecule has 3 aromatic rings. The molecule has 6 nitrogen and oxygen atoms in total. The molecule has 32 heavy (non-hydrogen) atoms. The van der Waals surface area contributed by atoms with Gasteiger partial charge in [0.25, 0.3) is 0 Å². The Morgan fingerprint density at radius 2 is 1.97 bits per heavy atom. The average Bonchev–Trinajstić information content (AvgIpc) is 3.48. The van der Waals surface area contributed by atoms with Crippen molar-refractivity contribution in [2.24, 2.45) is 5.14 Å². The molecule has 6 N–H and O–H groups in total. The number of hydrogen-bond donors (Lipinski definition) is 4. The van der Waals surface area contributed by atoms with Crippen molar-refractivity contribution in [3.63, 3.8) is 0 Å². The molecule has 1 atom stereocenters. The molecule has 1 fully saturated rings. The van der Waals surface area contributed by atoms with Crippen LogP contribution < -0.4 is 16.2 Å². The van der Waals surface area contributed by atoms with Crippen LogP contribution in [0.4, 0.5) is 11.4 Å². The van der Waals surface area contributed by atoms with Crippen molar-refractivity contribution in [3.05, 3.63) is 75.5 Å². The van der Waals surface area contributed by atoms with Gasteiger partial charge in [0.05, 0.1) is 5.71 Å². The van der Waals surface area contributed by atoms with E-state index in [1.807, 2.05) is 24.3 Å². The predicted octanol–water partition coefficient (Wildman–Crippen LogP) is 4.80. The number of nitrogens with two attached hydrogens (primary N) is 2. The molecule has 1 aliphatic heterocycles. The summed E-state index contributed by atoms with van der Waals surface area (Å²) in [4.78, 5) is 16.5. The van der Waals surface area contributed by atoms with Crippen molar-refractivity contribution in [3.8, 4) is 0 Å². The molecule has 1 aliphatic rings. The Morgan fingerprint density at radius 1 is 1.19 bits per heavy atom. The van der Waals surface area contributed by atoms with E-state index < -0.39 is 0 Å². The number of anilines is 2. The van der Waals surface area contributed by atoms with Gasteiger partial charge in [-0.25, -0.2) is 0 Å². The highest BCUT2D eigenvalue weighted by atomic mass is 32.2. The van der Waals surface area contributed by atoms with Gasteiger partial charge in [-0.15, -0.1) is 0 Å². The van der Waals surface area contributed by atoms with E-state index in [1.165, 1.54) is 0 Å². The number of rotatable bonds is 7. The summed E-state index contributed by atoms with van der Waals surface area (Å²) in [5.41, 5.74) is 11.1. The number of nitrogen functional groups attached to an aromatic ring is 1. The maximum atomic E-state index is 13.4. The summed E-state index contributed by atoms with van der Waals surface area (Å²) >= 11 is 2.76. The number of carbonyl (C=O) groups excluding carboxylic acids is 1. The highest BCUT2D eigenvalue weighted by Gasteiger charge is 2.31. The number of amides is 1. The number of nitrogens with zero attached hydrogens (tertiary/aromatic N) is 1. The summed E-state index contributed by atoms with van der Waals surface area (Å²) in [6.07, 6.45) is 2.21. The molecule has 2 heterocycles. The number of hydrogen-bond acceptors (Lipinski definition) is 7. The van der Waals surface area contributed by atoms with Crippen molar-refractivity contribution in [1.29, 1.82) is 5.41 Å². The van der Waals surface area contributed by atoms with E-state index in [-0.39, 0.29) is 11.9 Å². The minimum absolute atomic E-state index is 0.0582. The number of carbonyl (C=O) groups is 1. The summed E-state index contributed by atoms with van der Waals surface area (Å²) in [5, 5.41) is 21.6. The molecular formula is C24H27N5OS2. The molecule has 1 amide bonds. The minimum Gasteiger partial charge on any atom is -0.398 e. The van der Waals surface area contributed by atoms with Gasteiger partial charge in [0.2, 0.25) is 5.91 Å². The maximum absolute atomic E-state index is 13.4. The number of thiophene rings is 1. The molecule has 8 heteroatoms. The second kappa shape index (κ2) is 9.87. The van der Waals surface area contributed by atoms with E-state index in [1.54, 1.807) is 29.5 Å². The summed E-state index contributed by atoms with van der Waals surface area (Å²) in [5.74, 6) is -0.0582. The van der Waals surface area contributed by atoms with E-state index in [9.17, 15) is 4.79 Å². The van der Waals surface area contributed by atoms with Crippen LogP contribution in [0, 0.1) is 12.3 Å². The number of nitrogens with one attached hydrogen (secondary N) is 2. The molecule has 1 aromatic heterocycles. The molecule has 1 saturated heterocycles. The van der Waals surface area contributed by atoms with Gasteiger partial charge in [-0.3, -0.25) is 20.2 Å². The number of likely N-dealkylation sites (tertiary alicyclic amines) is 1. The van der Waals surface area contributed by atoms with E-state index >= 15 is 0 Å². The molecule has 4 rings (SSSR count). The predicted molar refractivity (Wildman–Crippen MR) is 135 cm³/mol. The van der Waals surface area contributed by atoms with Crippen molar-refractivity contribution in [2.45, 2.75) is 30.7 Å². The van der Waals surface area contributed by atoms with Gasteiger partial charge in [0.15, 0.2) is 0 Å². The normalized spacial score (nSPS) is 14.9. The Kier molecular flexibility index (Phi) is 6.95. The van der Waals surface area contributed by atoms with Gasteiger partial charge < -0.3 is 11.1 Å². The summed E-state index contributed by atoms with van der Waals surface area (Å²) < 4.78 is 0. The summed E-state index contributed by atoms with van der Waals surface area (Å²) in [6.45, 7) is 3.89. The molecule has 0 radical (unpaired) electrons. The standard InChI is InChI=1S/C24H27N5OS2/c1-15-13-31-14-20(15)23(29-9-2-3-10-29)24(30)28-17-7-8-21(25)19(12-17)22(26)16-5-4-6-18(11-16)32-27/h4-8,11-14,23,26H,2-3,9-10,25,27H2,1H3,(H,28,30). The van der Waals surface area contributed by atoms with Crippen LogP contribution in [0.5, 0.6) is 0 Å². The summed E-state index contributed by atoms with van der Waals surface area (Å²) in [6, 6.07) is 12.5. The van der Waals surface area contributed by atoms with Gasteiger partial charge in [0.1, 0.15) is 6.04 Å². The van der Waals surface area contributed by atoms with Crippen molar-refractivity contribution in [1.82, 2.24) is 4.90 Å². The van der Waals surface area contributed by atoms with Crippen molar-refractivity contribution >= 4 is 46.3 Å². The van der Waals surface area contributed by atoms with Crippen LogP contribution in [-0.4, -0.2) is 29.6 Å². The SMILES string of the molecule is Cc1cscc1C(C(=O)Nc1ccc(N)c(C(=N)c2cccc(SN)c2)c1)N1CCCC1. The smallest absolute Gasteiger partial charge is 0.246 e. The van der Waals surface area contributed by atoms with E-state index in [4.69, 9.17) is 16.3 Å². The van der Waals surface area contributed by atoms with Crippen molar-refractivity contribution < 1.29 is 4.79 Å². The van der Waals surface area contributed by atoms with Gasteiger partial charge in [-0.1, -0.05) is 12.1 Å². The molecule has 0 aliphatic carbocycles. The zero-order valence-corrected chi connectivity index (χ0v) is 19.6. The monoisotopic (exact) mass is 465 g/mol. The Labute approximate surface area is 196 Å². The fourth-order valence-corrected chi connectivity index (χ4v) is 5.32. The molecule has 1 unspecified atom stereocenters. The lowest BCUT2D eigenvalue weighted by molar-refractivity contribution is -0.121. The lowest BCUT2D eigenvalue weighted by Crippen LogP contribution is -2.35. The first-order valence-electron chi connectivity index (χ1n) is 10.5. The maximum Gasteiger partial charge on any atom is 0.246 e. The van der Waals surface area contributed by atoms with Crippen LogP contribution in [0.3, 0.4) is 0 Å². The van der Waals surface area contributed by atoms with Crippen molar-refractivity contribution in [2.75, 3.05) is 24.1 Å². The number of benzene rings is 2. The number of aryl methyl sites for hydroxylation is 1. The van der Waals surface area contributed by atoms with Gasteiger partial charge in [-0.2, -0.15) is 11.3 Å². The Balaban J connectivity index is 1.60. The average molecular weight is 466 g/mol. The molecule has 2 aromatic carbocycles. The van der Waals surface area contributed by atoms with Crippen LogP contribution in [0.2, 0.25) is 0 Å². The van der Waals surface area contributed by atoms with Crippen LogP contribution in [0.15, 0.2) is 58.1 Å². The highest BCUT2D eigenvalue weighted by Crippen LogP contribution is 2.31. The molecule has 0 bridgehead atoms. The lowest BCUT2D eigenvalue weighted by atomic mass is 10.00. The Bertz CT molecular complexity index is 1140. The largest absolute Gasteiger partial charge is 0.398 e. The quantitative estimate of drug-likeness (QED) is 0.228. The van der Waals surface area contributed by atoms with Crippen LogP contribution in [0.25, 0.3) is 0 Å². The van der Waals surface area contributed by atoms with E-state index in [0.29, 0.717) is 22.6 Å². The van der Waals surface area contributed by atoms with Crippen LogP contribution >= 0.6 is 23.3 Å². The molecule has 166 valence electrons. The molecule has 0 saturated carbocycles. The highest BCUT2D eigenvalue weighted by molar-refractivity contribution is 7.97. The zero-order valence-electron chi connectivity index (χ0n) is 17.9.